The SMILES string of the molecule is CC(C)NCc1cccc(NC(=O)COCC(F)(F)F)c1. The quantitative estimate of drug-likeness (QED) is 0.814. The van der Waals surface area contributed by atoms with Crippen LogP contribution >= 0.6 is 0 Å². The first-order valence-corrected chi connectivity index (χ1v) is 6.53. The molecule has 0 spiro atoms. The van der Waals surface area contributed by atoms with Crippen molar-refractivity contribution in [2.75, 3.05) is 18.5 Å². The molecule has 0 aliphatic rings. The molecule has 1 aromatic carbocycles. The van der Waals surface area contributed by atoms with E-state index in [0.717, 1.165) is 5.56 Å². The predicted molar refractivity (Wildman–Crippen MR) is 73.9 cm³/mol. The van der Waals surface area contributed by atoms with Crippen LogP contribution < -0.4 is 10.6 Å². The highest BCUT2D eigenvalue weighted by molar-refractivity contribution is 5.91. The largest absolute Gasteiger partial charge is 0.411 e. The second-order valence-corrected chi connectivity index (χ2v) is 4.89. The van der Waals surface area contributed by atoms with Gasteiger partial charge in [0.05, 0.1) is 0 Å². The highest BCUT2D eigenvalue weighted by Gasteiger charge is 2.27. The predicted octanol–water partition coefficient (Wildman–Crippen LogP) is 2.70. The van der Waals surface area contributed by atoms with Gasteiger partial charge in [0.25, 0.3) is 0 Å². The molecule has 0 saturated heterocycles. The fraction of sp³-hybridized carbons (Fsp3) is 0.500. The Morgan fingerprint density at radius 2 is 2.05 bits per heavy atom. The van der Waals surface area contributed by atoms with Gasteiger partial charge in [0.1, 0.15) is 13.2 Å². The number of alkyl halides is 3. The highest BCUT2D eigenvalue weighted by Crippen LogP contribution is 2.14. The van der Waals surface area contributed by atoms with Gasteiger partial charge in [-0.25, -0.2) is 0 Å². The average Bonchev–Trinajstić information content (AvgIpc) is 2.35. The molecular formula is C14H19F3N2O2. The first kappa shape index (κ1) is 17.5. The summed E-state index contributed by atoms with van der Waals surface area (Å²) >= 11 is 0. The summed E-state index contributed by atoms with van der Waals surface area (Å²) in [6.07, 6.45) is -4.43. The highest BCUT2D eigenvalue weighted by atomic mass is 19.4. The molecule has 7 heteroatoms. The molecule has 1 aromatic rings. The first-order chi connectivity index (χ1) is 9.76. The molecule has 1 rings (SSSR count). The van der Waals surface area contributed by atoms with E-state index in [4.69, 9.17) is 0 Å². The van der Waals surface area contributed by atoms with Gasteiger partial charge in [0.15, 0.2) is 0 Å². The Balaban J connectivity index is 2.43. The third-order valence-corrected chi connectivity index (χ3v) is 2.42. The molecule has 21 heavy (non-hydrogen) atoms. The fourth-order valence-electron chi connectivity index (χ4n) is 1.54. The van der Waals surface area contributed by atoms with Crippen molar-refractivity contribution in [3.05, 3.63) is 29.8 Å². The summed E-state index contributed by atoms with van der Waals surface area (Å²) < 4.78 is 39.9. The van der Waals surface area contributed by atoms with Gasteiger partial charge in [0.2, 0.25) is 5.91 Å². The molecule has 1 amide bonds. The van der Waals surface area contributed by atoms with Crippen LogP contribution in [0.3, 0.4) is 0 Å². The Hall–Kier alpha value is -1.60. The van der Waals surface area contributed by atoms with Crippen LogP contribution in [0.1, 0.15) is 19.4 Å². The molecule has 0 aliphatic heterocycles. The van der Waals surface area contributed by atoms with Crippen molar-refractivity contribution in [3.63, 3.8) is 0 Å². The number of carbonyl (C=O) groups excluding carboxylic acids is 1. The van der Waals surface area contributed by atoms with Crippen molar-refractivity contribution in [2.24, 2.45) is 0 Å². The van der Waals surface area contributed by atoms with Crippen LogP contribution in [0.2, 0.25) is 0 Å². The summed E-state index contributed by atoms with van der Waals surface area (Å²) in [5.74, 6) is -0.617. The maximum atomic E-state index is 11.9. The summed E-state index contributed by atoms with van der Waals surface area (Å²) in [5.41, 5.74) is 1.50. The molecule has 0 bridgehead atoms. The molecule has 0 aliphatic carbocycles. The van der Waals surface area contributed by atoms with E-state index in [1.165, 1.54) is 0 Å². The van der Waals surface area contributed by atoms with E-state index < -0.39 is 25.3 Å². The zero-order valence-corrected chi connectivity index (χ0v) is 12.0. The molecule has 4 nitrogen and oxygen atoms in total. The fourth-order valence-corrected chi connectivity index (χ4v) is 1.54. The molecule has 0 unspecified atom stereocenters. The van der Waals surface area contributed by atoms with E-state index in [-0.39, 0.29) is 0 Å². The molecule has 0 saturated carbocycles. The average molecular weight is 304 g/mol. The summed E-state index contributed by atoms with van der Waals surface area (Å²) in [6, 6.07) is 7.42. The maximum Gasteiger partial charge on any atom is 0.411 e. The topological polar surface area (TPSA) is 50.4 Å². The molecule has 0 aromatic heterocycles. The zero-order valence-electron chi connectivity index (χ0n) is 12.0. The van der Waals surface area contributed by atoms with Crippen molar-refractivity contribution in [3.8, 4) is 0 Å². The number of benzene rings is 1. The van der Waals surface area contributed by atoms with Crippen molar-refractivity contribution in [1.29, 1.82) is 0 Å². The van der Waals surface area contributed by atoms with Crippen LogP contribution in [0, 0.1) is 0 Å². The van der Waals surface area contributed by atoms with Crippen LogP contribution in [0.4, 0.5) is 18.9 Å². The van der Waals surface area contributed by atoms with Gasteiger partial charge >= 0.3 is 6.18 Å². The van der Waals surface area contributed by atoms with E-state index in [0.29, 0.717) is 18.3 Å². The summed E-state index contributed by atoms with van der Waals surface area (Å²) in [7, 11) is 0. The molecule has 118 valence electrons. The number of hydrogen-bond donors (Lipinski definition) is 2. The van der Waals surface area contributed by atoms with Gasteiger partial charge in [-0.1, -0.05) is 26.0 Å². The number of nitrogens with one attached hydrogen (secondary N) is 2. The number of carbonyl (C=O) groups is 1. The van der Waals surface area contributed by atoms with Crippen LogP contribution in [0.15, 0.2) is 24.3 Å². The van der Waals surface area contributed by atoms with Crippen LogP contribution in [0.25, 0.3) is 0 Å². The number of halogens is 3. The lowest BCUT2D eigenvalue weighted by Crippen LogP contribution is -2.24. The number of hydrogen-bond acceptors (Lipinski definition) is 3. The van der Waals surface area contributed by atoms with Crippen molar-refractivity contribution >= 4 is 11.6 Å². The number of rotatable bonds is 7. The Morgan fingerprint density at radius 3 is 2.67 bits per heavy atom. The minimum absolute atomic E-state index is 0.332. The summed E-state index contributed by atoms with van der Waals surface area (Å²) in [5, 5.41) is 5.73. The van der Waals surface area contributed by atoms with Gasteiger partial charge in [-0.2, -0.15) is 13.2 Å². The molecule has 0 radical (unpaired) electrons. The van der Waals surface area contributed by atoms with Crippen LogP contribution in [-0.4, -0.2) is 31.3 Å². The first-order valence-electron chi connectivity index (χ1n) is 6.53. The molecule has 0 heterocycles. The maximum absolute atomic E-state index is 11.9. The van der Waals surface area contributed by atoms with Crippen molar-refractivity contribution < 1.29 is 22.7 Å². The molecule has 0 fully saturated rings. The third-order valence-electron chi connectivity index (χ3n) is 2.42. The Labute approximate surface area is 121 Å². The standard InChI is InChI=1S/C14H19F3N2O2/c1-10(2)18-7-11-4-3-5-12(6-11)19-13(20)8-21-9-14(15,16)17/h3-6,10,18H,7-9H2,1-2H3,(H,19,20). The summed E-state index contributed by atoms with van der Waals surface area (Å²) in [6.45, 7) is 2.62. The van der Waals surface area contributed by atoms with Crippen LogP contribution in [-0.2, 0) is 16.1 Å². The molecule has 2 N–H and O–H groups in total. The van der Waals surface area contributed by atoms with Gasteiger partial charge in [0, 0.05) is 18.3 Å². The van der Waals surface area contributed by atoms with Crippen LogP contribution in [0.5, 0.6) is 0 Å². The van der Waals surface area contributed by atoms with Gasteiger partial charge in [-0.3, -0.25) is 4.79 Å². The molecule has 0 atom stereocenters. The normalized spacial score (nSPS) is 11.7. The minimum atomic E-state index is -4.43. The smallest absolute Gasteiger partial charge is 0.362 e. The number of ether oxygens (including phenoxy) is 1. The third kappa shape index (κ3) is 8.31. The minimum Gasteiger partial charge on any atom is -0.362 e. The lowest BCUT2D eigenvalue weighted by atomic mass is 10.2. The van der Waals surface area contributed by atoms with E-state index >= 15 is 0 Å². The zero-order chi connectivity index (χ0) is 15.9. The second-order valence-electron chi connectivity index (χ2n) is 4.89. The Kier molecular flexibility index (Phi) is 6.64. The Bertz CT molecular complexity index is 462. The lowest BCUT2D eigenvalue weighted by molar-refractivity contribution is -0.174. The van der Waals surface area contributed by atoms with Crippen molar-refractivity contribution in [1.82, 2.24) is 5.32 Å². The second kappa shape index (κ2) is 7.99. The van der Waals surface area contributed by atoms with E-state index in [9.17, 15) is 18.0 Å². The van der Waals surface area contributed by atoms with E-state index in [2.05, 4.69) is 15.4 Å². The number of amides is 1. The monoisotopic (exact) mass is 304 g/mol. The van der Waals surface area contributed by atoms with Gasteiger partial charge < -0.3 is 15.4 Å². The lowest BCUT2D eigenvalue weighted by Gasteiger charge is -2.11. The van der Waals surface area contributed by atoms with Crippen molar-refractivity contribution in [2.45, 2.75) is 32.6 Å². The van der Waals surface area contributed by atoms with Gasteiger partial charge in [-0.05, 0) is 17.7 Å². The summed E-state index contributed by atoms with van der Waals surface area (Å²) in [4.78, 5) is 11.5. The number of anilines is 1. The molecular weight excluding hydrogens is 285 g/mol. The van der Waals surface area contributed by atoms with E-state index in [1.807, 2.05) is 19.9 Å². The van der Waals surface area contributed by atoms with Gasteiger partial charge in [-0.15, -0.1) is 0 Å². The van der Waals surface area contributed by atoms with E-state index in [1.54, 1.807) is 18.2 Å². The Morgan fingerprint density at radius 1 is 1.33 bits per heavy atom.